The maximum atomic E-state index is 11.1. The zero-order chi connectivity index (χ0) is 14.4. The second-order valence-electron chi connectivity index (χ2n) is 5.81. The average molecular weight is 282 g/mol. The molecule has 114 valence electrons. The number of amides is 1. The first kappa shape index (κ1) is 15.1. The fourth-order valence-corrected chi connectivity index (χ4v) is 2.79. The van der Waals surface area contributed by atoms with Gasteiger partial charge in [0, 0.05) is 25.6 Å². The van der Waals surface area contributed by atoms with Crippen LogP contribution in [0, 0.1) is 0 Å². The predicted octanol–water partition coefficient (Wildman–Crippen LogP) is 0.125. The van der Waals surface area contributed by atoms with Crippen LogP contribution in [0.25, 0.3) is 0 Å². The zero-order valence-corrected chi connectivity index (χ0v) is 12.2. The Hall–Kier alpha value is -1.30. The minimum atomic E-state index is -0.622. The van der Waals surface area contributed by atoms with Crippen molar-refractivity contribution in [3.63, 3.8) is 0 Å². The second-order valence-corrected chi connectivity index (χ2v) is 5.81. The van der Waals surface area contributed by atoms with E-state index in [-0.39, 0.29) is 11.9 Å². The van der Waals surface area contributed by atoms with E-state index in [1.54, 1.807) is 0 Å². The van der Waals surface area contributed by atoms with Crippen LogP contribution in [0.2, 0.25) is 0 Å². The lowest BCUT2D eigenvalue weighted by molar-refractivity contribution is -0.122. The summed E-state index contributed by atoms with van der Waals surface area (Å²) in [7, 11) is 0. The van der Waals surface area contributed by atoms with Gasteiger partial charge in [0.25, 0.3) is 0 Å². The summed E-state index contributed by atoms with van der Waals surface area (Å²) in [4.78, 5) is 15.7. The lowest BCUT2D eigenvalue weighted by Crippen LogP contribution is -2.51. The standard InChI is InChI=1S/C14H26N4O2/c1-2-15-13(17-10-14(20)7-3-4-8-14)18-11-5-6-12(19)16-9-11/h11,20H,2-10H2,1H3,(H,16,19)(H2,15,17,18). The van der Waals surface area contributed by atoms with Crippen LogP contribution >= 0.6 is 0 Å². The smallest absolute Gasteiger partial charge is 0.220 e. The molecule has 6 heteroatoms. The first-order valence-corrected chi connectivity index (χ1v) is 7.65. The van der Waals surface area contributed by atoms with Gasteiger partial charge in [0.05, 0.1) is 12.1 Å². The van der Waals surface area contributed by atoms with Crippen molar-refractivity contribution in [2.24, 2.45) is 4.99 Å². The first-order valence-electron chi connectivity index (χ1n) is 7.65. The van der Waals surface area contributed by atoms with E-state index in [1.165, 1.54) is 0 Å². The SMILES string of the molecule is CCNC(=NCC1(O)CCCC1)NC1CCC(=O)NC1. The number of carbonyl (C=O) groups is 1. The molecule has 4 N–H and O–H groups in total. The first-order chi connectivity index (χ1) is 9.61. The van der Waals surface area contributed by atoms with Crippen molar-refractivity contribution in [2.75, 3.05) is 19.6 Å². The van der Waals surface area contributed by atoms with E-state index in [0.717, 1.165) is 44.6 Å². The van der Waals surface area contributed by atoms with Crippen molar-refractivity contribution < 1.29 is 9.90 Å². The molecule has 1 unspecified atom stereocenters. The summed E-state index contributed by atoms with van der Waals surface area (Å²) in [5.41, 5.74) is -0.622. The summed E-state index contributed by atoms with van der Waals surface area (Å²) >= 11 is 0. The number of aliphatic imine (C=N–C) groups is 1. The quantitative estimate of drug-likeness (QED) is 0.436. The molecule has 1 heterocycles. The van der Waals surface area contributed by atoms with E-state index < -0.39 is 5.60 Å². The Labute approximate surface area is 120 Å². The summed E-state index contributed by atoms with van der Waals surface area (Å²) in [5, 5.41) is 19.7. The average Bonchev–Trinajstić information content (AvgIpc) is 2.86. The van der Waals surface area contributed by atoms with Crippen molar-refractivity contribution in [1.82, 2.24) is 16.0 Å². The molecule has 2 aliphatic rings. The Morgan fingerprint density at radius 3 is 2.85 bits per heavy atom. The molecule has 20 heavy (non-hydrogen) atoms. The van der Waals surface area contributed by atoms with Crippen LogP contribution in [0.3, 0.4) is 0 Å². The van der Waals surface area contributed by atoms with Gasteiger partial charge in [0.1, 0.15) is 0 Å². The third kappa shape index (κ3) is 4.37. The van der Waals surface area contributed by atoms with Gasteiger partial charge in [-0.05, 0) is 26.2 Å². The molecule has 1 saturated carbocycles. The van der Waals surface area contributed by atoms with Crippen molar-refractivity contribution >= 4 is 11.9 Å². The van der Waals surface area contributed by atoms with Gasteiger partial charge in [-0.15, -0.1) is 0 Å². The lowest BCUT2D eigenvalue weighted by Gasteiger charge is -2.26. The number of nitrogens with one attached hydrogen (secondary N) is 3. The maximum absolute atomic E-state index is 11.1. The van der Waals surface area contributed by atoms with Crippen molar-refractivity contribution in [3.05, 3.63) is 0 Å². The molecule has 2 rings (SSSR count). The number of piperidine rings is 1. The Balaban J connectivity index is 1.87. The molecule has 0 aromatic rings. The topological polar surface area (TPSA) is 85.8 Å². The molecular weight excluding hydrogens is 256 g/mol. The van der Waals surface area contributed by atoms with Crippen LogP contribution in [-0.2, 0) is 4.79 Å². The van der Waals surface area contributed by atoms with E-state index in [0.29, 0.717) is 19.5 Å². The predicted molar refractivity (Wildman–Crippen MR) is 78.6 cm³/mol. The third-order valence-corrected chi connectivity index (χ3v) is 4.02. The summed E-state index contributed by atoms with van der Waals surface area (Å²) in [6.45, 7) is 3.88. The van der Waals surface area contributed by atoms with Gasteiger partial charge in [-0.3, -0.25) is 9.79 Å². The van der Waals surface area contributed by atoms with Gasteiger partial charge in [-0.25, -0.2) is 0 Å². The van der Waals surface area contributed by atoms with Crippen LogP contribution in [0.5, 0.6) is 0 Å². The van der Waals surface area contributed by atoms with Crippen molar-refractivity contribution in [3.8, 4) is 0 Å². The Bertz CT molecular complexity index is 354. The Morgan fingerprint density at radius 1 is 1.50 bits per heavy atom. The van der Waals surface area contributed by atoms with Gasteiger partial charge < -0.3 is 21.1 Å². The highest BCUT2D eigenvalue weighted by atomic mass is 16.3. The largest absolute Gasteiger partial charge is 0.388 e. The van der Waals surface area contributed by atoms with Gasteiger partial charge in [0.2, 0.25) is 5.91 Å². The molecule has 2 fully saturated rings. The molecule has 1 atom stereocenters. The van der Waals surface area contributed by atoms with Gasteiger partial charge in [0.15, 0.2) is 5.96 Å². The van der Waals surface area contributed by atoms with Crippen LogP contribution in [0.1, 0.15) is 45.4 Å². The molecule has 0 aromatic carbocycles. The van der Waals surface area contributed by atoms with Gasteiger partial charge >= 0.3 is 0 Å². The summed E-state index contributed by atoms with van der Waals surface area (Å²) in [6, 6.07) is 0.212. The monoisotopic (exact) mass is 282 g/mol. The number of nitrogens with zero attached hydrogens (tertiary/aromatic N) is 1. The molecule has 1 amide bonds. The minimum absolute atomic E-state index is 0.116. The van der Waals surface area contributed by atoms with E-state index >= 15 is 0 Å². The summed E-state index contributed by atoms with van der Waals surface area (Å²) in [5.74, 6) is 0.847. The third-order valence-electron chi connectivity index (χ3n) is 4.02. The highest BCUT2D eigenvalue weighted by molar-refractivity contribution is 5.81. The Kier molecular flexibility index (Phi) is 5.23. The molecule has 0 aromatic heterocycles. The van der Waals surface area contributed by atoms with Crippen LogP contribution in [-0.4, -0.2) is 48.3 Å². The molecule has 6 nitrogen and oxygen atoms in total. The molecule has 0 bridgehead atoms. The molecule has 1 aliphatic carbocycles. The number of aliphatic hydroxyl groups is 1. The molecule has 1 saturated heterocycles. The van der Waals surface area contributed by atoms with Crippen LogP contribution < -0.4 is 16.0 Å². The molecule has 0 radical (unpaired) electrons. The second kappa shape index (κ2) is 6.92. The number of guanidine groups is 1. The zero-order valence-electron chi connectivity index (χ0n) is 12.2. The number of carbonyl (C=O) groups excluding carboxylic acids is 1. The molecule has 1 aliphatic heterocycles. The van der Waals surface area contributed by atoms with Crippen molar-refractivity contribution in [1.29, 1.82) is 0 Å². The lowest BCUT2D eigenvalue weighted by atomic mass is 10.0. The fourth-order valence-electron chi connectivity index (χ4n) is 2.79. The van der Waals surface area contributed by atoms with E-state index in [1.807, 2.05) is 6.92 Å². The number of hydrogen-bond acceptors (Lipinski definition) is 3. The van der Waals surface area contributed by atoms with Crippen LogP contribution in [0.15, 0.2) is 4.99 Å². The van der Waals surface area contributed by atoms with Crippen LogP contribution in [0.4, 0.5) is 0 Å². The Morgan fingerprint density at radius 2 is 2.25 bits per heavy atom. The highest BCUT2D eigenvalue weighted by Gasteiger charge is 2.31. The van der Waals surface area contributed by atoms with Gasteiger partial charge in [-0.2, -0.15) is 0 Å². The summed E-state index contributed by atoms with van der Waals surface area (Å²) < 4.78 is 0. The number of rotatable bonds is 4. The van der Waals surface area contributed by atoms with E-state index in [2.05, 4.69) is 20.9 Å². The maximum Gasteiger partial charge on any atom is 0.220 e. The fraction of sp³-hybridized carbons (Fsp3) is 0.857. The van der Waals surface area contributed by atoms with E-state index in [4.69, 9.17) is 0 Å². The van der Waals surface area contributed by atoms with E-state index in [9.17, 15) is 9.90 Å². The van der Waals surface area contributed by atoms with Gasteiger partial charge in [-0.1, -0.05) is 12.8 Å². The molecule has 0 spiro atoms. The highest BCUT2D eigenvalue weighted by Crippen LogP contribution is 2.29. The van der Waals surface area contributed by atoms with Crippen molar-refractivity contribution in [2.45, 2.75) is 57.1 Å². The molecular formula is C14H26N4O2. The summed E-state index contributed by atoms with van der Waals surface area (Å²) in [6.07, 6.45) is 5.24. The number of hydrogen-bond donors (Lipinski definition) is 4. The minimum Gasteiger partial charge on any atom is -0.388 e. The normalized spacial score (nSPS) is 26.2.